The van der Waals surface area contributed by atoms with Crippen LogP contribution in [-0.2, 0) is 0 Å². The topological polar surface area (TPSA) is 3.24 Å². The summed E-state index contributed by atoms with van der Waals surface area (Å²) in [5.41, 5.74) is 5.16. The van der Waals surface area contributed by atoms with Gasteiger partial charge in [-0.2, -0.15) is 0 Å². The molecule has 1 nitrogen and oxygen atoms in total. The quantitative estimate of drug-likeness (QED) is 0.711. The summed E-state index contributed by atoms with van der Waals surface area (Å²) in [6, 6.07) is 17.6. The summed E-state index contributed by atoms with van der Waals surface area (Å²) in [5, 5.41) is 0. The van der Waals surface area contributed by atoms with Gasteiger partial charge in [0.15, 0.2) is 0 Å². The van der Waals surface area contributed by atoms with Crippen molar-refractivity contribution in [1.29, 1.82) is 0 Å². The van der Waals surface area contributed by atoms with Gasteiger partial charge in [0, 0.05) is 0 Å². The SMILES string of the molecule is Cc1ccc(-c2ccc(N(C)P(C)(C)(C)C)cc2)cc1. The van der Waals surface area contributed by atoms with Gasteiger partial charge in [0.1, 0.15) is 0 Å². The molecule has 20 heavy (non-hydrogen) atoms. The predicted octanol–water partition coefficient (Wildman–Crippen LogP) is 5.09. The Bertz CT molecular complexity index is 579. The molecule has 0 unspecified atom stereocenters. The number of rotatable bonds is 3. The second-order valence-electron chi connectivity index (χ2n) is 7.42. The van der Waals surface area contributed by atoms with E-state index in [1.807, 2.05) is 0 Å². The molecule has 0 spiro atoms. The molecule has 0 saturated heterocycles. The Balaban J connectivity index is 2.29. The van der Waals surface area contributed by atoms with Crippen molar-refractivity contribution in [2.24, 2.45) is 0 Å². The Morgan fingerprint density at radius 1 is 0.700 bits per heavy atom. The number of hydrogen-bond acceptors (Lipinski definition) is 1. The van der Waals surface area contributed by atoms with E-state index in [0.717, 1.165) is 0 Å². The van der Waals surface area contributed by atoms with Crippen molar-refractivity contribution < 1.29 is 0 Å². The second-order valence-corrected chi connectivity index (χ2v) is 15.0. The van der Waals surface area contributed by atoms with E-state index >= 15 is 0 Å². The van der Waals surface area contributed by atoms with Crippen molar-refractivity contribution in [3.05, 3.63) is 54.1 Å². The van der Waals surface area contributed by atoms with Crippen LogP contribution in [0.15, 0.2) is 48.5 Å². The summed E-state index contributed by atoms with van der Waals surface area (Å²) in [4.78, 5) is 0. The molecule has 0 N–H and O–H groups in total. The molecule has 0 bridgehead atoms. The number of nitrogens with zero attached hydrogens (tertiary/aromatic N) is 1. The van der Waals surface area contributed by atoms with E-state index in [2.05, 4.69) is 93.8 Å². The molecular formula is C18H26NP. The average Bonchev–Trinajstić information content (AvgIpc) is 2.37. The Morgan fingerprint density at radius 3 is 1.50 bits per heavy atom. The zero-order valence-electron chi connectivity index (χ0n) is 13.5. The van der Waals surface area contributed by atoms with Crippen LogP contribution in [0.3, 0.4) is 0 Å². The first kappa shape index (κ1) is 15.1. The van der Waals surface area contributed by atoms with Crippen LogP contribution in [0.4, 0.5) is 5.69 Å². The third-order valence-electron chi connectivity index (χ3n) is 3.83. The molecule has 0 aliphatic heterocycles. The average molecular weight is 287 g/mol. The van der Waals surface area contributed by atoms with Gasteiger partial charge in [0.05, 0.1) is 0 Å². The molecule has 2 aromatic carbocycles. The van der Waals surface area contributed by atoms with Crippen LogP contribution >= 0.6 is 6.75 Å². The van der Waals surface area contributed by atoms with Crippen molar-refractivity contribution in [3.63, 3.8) is 0 Å². The van der Waals surface area contributed by atoms with E-state index in [1.165, 1.54) is 22.4 Å². The van der Waals surface area contributed by atoms with E-state index < -0.39 is 6.75 Å². The fraction of sp³-hybridized carbons (Fsp3) is 0.333. The van der Waals surface area contributed by atoms with Crippen molar-refractivity contribution in [3.8, 4) is 11.1 Å². The molecule has 0 fully saturated rings. The molecule has 2 rings (SSSR count). The van der Waals surface area contributed by atoms with E-state index in [1.54, 1.807) is 0 Å². The Labute approximate surface area is 123 Å². The number of aryl methyl sites for hydroxylation is 1. The minimum atomic E-state index is -1.74. The van der Waals surface area contributed by atoms with Crippen LogP contribution in [0.1, 0.15) is 5.56 Å². The van der Waals surface area contributed by atoms with Crippen molar-refractivity contribution in [1.82, 2.24) is 0 Å². The molecular weight excluding hydrogens is 261 g/mol. The van der Waals surface area contributed by atoms with Crippen LogP contribution < -0.4 is 4.67 Å². The first-order valence-corrected chi connectivity index (χ1v) is 11.0. The molecule has 2 aromatic rings. The fourth-order valence-corrected chi connectivity index (χ4v) is 3.13. The molecule has 0 amide bonds. The number of anilines is 1. The Morgan fingerprint density at radius 2 is 1.10 bits per heavy atom. The van der Waals surface area contributed by atoms with Gasteiger partial charge in [0.25, 0.3) is 0 Å². The maximum atomic E-state index is 2.45. The third-order valence-corrected chi connectivity index (χ3v) is 6.46. The van der Waals surface area contributed by atoms with Crippen LogP contribution in [0, 0.1) is 6.92 Å². The van der Waals surface area contributed by atoms with Gasteiger partial charge in [-0.1, -0.05) is 0 Å². The second kappa shape index (κ2) is 4.90. The molecule has 0 saturated carbocycles. The molecule has 0 aromatic heterocycles. The summed E-state index contributed by atoms with van der Waals surface area (Å²) >= 11 is 0. The maximum absolute atomic E-state index is 2.45. The van der Waals surface area contributed by atoms with Gasteiger partial charge in [-0.3, -0.25) is 0 Å². The van der Waals surface area contributed by atoms with E-state index in [0.29, 0.717) is 0 Å². The summed E-state index contributed by atoms with van der Waals surface area (Å²) in [7, 11) is 2.21. The number of benzene rings is 2. The molecule has 0 radical (unpaired) electrons. The molecule has 0 heterocycles. The molecule has 2 heteroatoms. The normalized spacial score (nSPS) is 13.6. The Kier molecular flexibility index (Phi) is 3.69. The summed E-state index contributed by atoms with van der Waals surface area (Å²) < 4.78 is 2.45. The summed E-state index contributed by atoms with van der Waals surface area (Å²) in [6.45, 7) is 9.88. The van der Waals surface area contributed by atoms with Gasteiger partial charge in [-0.15, -0.1) is 0 Å². The van der Waals surface area contributed by atoms with E-state index in [-0.39, 0.29) is 0 Å². The zero-order valence-corrected chi connectivity index (χ0v) is 14.4. The summed E-state index contributed by atoms with van der Waals surface area (Å²) in [5.74, 6) is 0. The number of hydrogen-bond donors (Lipinski definition) is 0. The first-order chi connectivity index (χ1) is 9.13. The van der Waals surface area contributed by atoms with Crippen LogP contribution in [0.25, 0.3) is 11.1 Å². The van der Waals surface area contributed by atoms with Crippen LogP contribution in [0.2, 0.25) is 0 Å². The molecule has 0 aliphatic rings. The monoisotopic (exact) mass is 287 g/mol. The molecule has 0 atom stereocenters. The minimum absolute atomic E-state index is 1.28. The zero-order chi connectivity index (χ0) is 15.0. The molecule has 108 valence electrons. The van der Waals surface area contributed by atoms with Crippen LogP contribution in [-0.4, -0.2) is 33.7 Å². The van der Waals surface area contributed by atoms with Crippen molar-refractivity contribution in [2.75, 3.05) is 38.4 Å². The van der Waals surface area contributed by atoms with Gasteiger partial charge in [-0.05, 0) is 0 Å². The van der Waals surface area contributed by atoms with Gasteiger partial charge >= 0.3 is 123 Å². The van der Waals surface area contributed by atoms with E-state index in [9.17, 15) is 0 Å². The molecule has 0 aliphatic carbocycles. The summed E-state index contributed by atoms with van der Waals surface area (Å²) in [6.07, 6.45) is 0. The van der Waals surface area contributed by atoms with Gasteiger partial charge < -0.3 is 0 Å². The van der Waals surface area contributed by atoms with Gasteiger partial charge in [-0.25, -0.2) is 0 Å². The van der Waals surface area contributed by atoms with Crippen molar-refractivity contribution >= 4 is 12.4 Å². The fourth-order valence-electron chi connectivity index (χ4n) is 2.08. The predicted molar refractivity (Wildman–Crippen MR) is 95.6 cm³/mol. The Hall–Kier alpha value is -1.33. The standard InChI is InChI=1S/C18H26NP/c1-15-7-9-16(10-8-15)17-11-13-18(14-12-17)19(2)20(3,4,5)6/h7-14H,1-6H3. The third kappa shape index (κ3) is 3.41. The van der Waals surface area contributed by atoms with Crippen molar-refractivity contribution in [2.45, 2.75) is 6.92 Å². The van der Waals surface area contributed by atoms with Crippen LogP contribution in [0.5, 0.6) is 0 Å². The van der Waals surface area contributed by atoms with E-state index in [4.69, 9.17) is 0 Å². The van der Waals surface area contributed by atoms with Gasteiger partial charge in [0.2, 0.25) is 0 Å². The first-order valence-electron chi connectivity index (χ1n) is 7.05.